The van der Waals surface area contributed by atoms with E-state index in [1.54, 1.807) is 24.3 Å². The molecule has 0 aliphatic carbocycles. The van der Waals surface area contributed by atoms with Gasteiger partial charge in [-0.1, -0.05) is 29.4 Å². The summed E-state index contributed by atoms with van der Waals surface area (Å²) in [7, 11) is 0. The summed E-state index contributed by atoms with van der Waals surface area (Å²) in [4.78, 5) is 24.1. The van der Waals surface area contributed by atoms with Gasteiger partial charge in [0.1, 0.15) is 11.0 Å². The van der Waals surface area contributed by atoms with E-state index in [1.807, 2.05) is 13.0 Å². The summed E-state index contributed by atoms with van der Waals surface area (Å²) in [6.07, 6.45) is 2.97. The number of carbonyl (C=O) groups excluding carboxylic acids is 2. The third-order valence-electron chi connectivity index (χ3n) is 3.48. The van der Waals surface area contributed by atoms with Gasteiger partial charge < -0.3 is 15.1 Å². The maximum absolute atomic E-state index is 12.2. The highest BCUT2D eigenvalue weighted by molar-refractivity contribution is 8.15. The molecule has 0 radical (unpaired) electrons. The Hall–Kier alpha value is -2.58. The van der Waals surface area contributed by atoms with Gasteiger partial charge in [0.25, 0.3) is 0 Å². The number of furan rings is 1. The third kappa shape index (κ3) is 4.74. The van der Waals surface area contributed by atoms with E-state index in [1.165, 1.54) is 12.5 Å². The van der Waals surface area contributed by atoms with Crippen molar-refractivity contribution in [1.82, 2.24) is 5.32 Å². The van der Waals surface area contributed by atoms with Crippen LogP contribution in [0, 0.1) is 6.92 Å². The zero-order valence-electron chi connectivity index (χ0n) is 13.7. The van der Waals surface area contributed by atoms with E-state index >= 15 is 0 Å². The van der Waals surface area contributed by atoms with Crippen molar-refractivity contribution in [1.29, 1.82) is 0 Å². The monoisotopic (exact) mass is 390 g/mol. The zero-order valence-corrected chi connectivity index (χ0v) is 15.3. The first kappa shape index (κ1) is 18.2. The smallest absolute Gasteiger partial charge is 0.240 e. The molecule has 2 heterocycles. The molecule has 0 saturated carbocycles. The van der Waals surface area contributed by atoms with Crippen LogP contribution in [0.2, 0.25) is 5.02 Å². The van der Waals surface area contributed by atoms with E-state index in [9.17, 15) is 9.59 Å². The Morgan fingerprint density at radius 3 is 3.04 bits per heavy atom. The van der Waals surface area contributed by atoms with Gasteiger partial charge in [-0.3, -0.25) is 9.59 Å². The largest absolute Gasteiger partial charge is 0.463 e. The molecule has 1 aromatic carbocycles. The summed E-state index contributed by atoms with van der Waals surface area (Å²) >= 11 is 7.20. The number of benzene rings is 1. The molecule has 1 aliphatic heterocycles. The quantitative estimate of drug-likeness (QED) is 0.605. The average Bonchev–Trinajstić information content (AvgIpc) is 3.22. The molecule has 1 aliphatic rings. The lowest BCUT2D eigenvalue weighted by molar-refractivity contribution is -0.122. The van der Waals surface area contributed by atoms with Crippen LogP contribution in [0.4, 0.5) is 5.69 Å². The second kappa shape index (κ2) is 8.20. The SMILES string of the molecule is Cc1ccc(NC(=O)CC2S/C(=N/N=C\c3ccco3)NC2=O)cc1Cl. The number of amidine groups is 1. The van der Waals surface area contributed by atoms with Gasteiger partial charge in [-0.05, 0) is 36.8 Å². The molecule has 1 fully saturated rings. The van der Waals surface area contributed by atoms with Crippen LogP contribution in [0.3, 0.4) is 0 Å². The topological polar surface area (TPSA) is 96.1 Å². The molecule has 2 aromatic rings. The van der Waals surface area contributed by atoms with Crippen LogP contribution in [0.15, 0.2) is 51.2 Å². The van der Waals surface area contributed by atoms with Gasteiger partial charge in [0, 0.05) is 17.1 Å². The Kier molecular flexibility index (Phi) is 5.75. The van der Waals surface area contributed by atoms with Gasteiger partial charge in [-0.25, -0.2) is 0 Å². The summed E-state index contributed by atoms with van der Waals surface area (Å²) in [5.74, 6) is -0.00620. The predicted molar refractivity (Wildman–Crippen MR) is 103 cm³/mol. The highest BCUT2D eigenvalue weighted by Gasteiger charge is 2.32. The van der Waals surface area contributed by atoms with Gasteiger partial charge in [0.05, 0.1) is 12.5 Å². The Bertz CT molecular complexity index is 880. The first-order valence-electron chi connectivity index (χ1n) is 7.69. The Labute approximate surface area is 158 Å². The molecule has 26 heavy (non-hydrogen) atoms. The van der Waals surface area contributed by atoms with Crippen molar-refractivity contribution in [3.63, 3.8) is 0 Å². The molecule has 1 atom stereocenters. The lowest BCUT2D eigenvalue weighted by atomic mass is 10.2. The van der Waals surface area contributed by atoms with Crippen LogP contribution in [-0.2, 0) is 9.59 Å². The van der Waals surface area contributed by atoms with Crippen LogP contribution < -0.4 is 10.6 Å². The number of hydrogen-bond donors (Lipinski definition) is 2. The van der Waals surface area contributed by atoms with E-state index < -0.39 is 5.25 Å². The minimum absolute atomic E-state index is 0.0168. The van der Waals surface area contributed by atoms with Crippen LogP contribution in [-0.4, -0.2) is 28.4 Å². The third-order valence-corrected chi connectivity index (χ3v) is 4.96. The number of amides is 2. The molecular formula is C17H15ClN4O3S. The number of nitrogens with zero attached hydrogens (tertiary/aromatic N) is 2. The predicted octanol–water partition coefficient (Wildman–Crippen LogP) is 3.19. The number of carbonyl (C=O) groups is 2. The molecule has 7 nitrogen and oxygen atoms in total. The highest BCUT2D eigenvalue weighted by atomic mass is 35.5. The number of thioether (sulfide) groups is 1. The lowest BCUT2D eigenvalue weighted by Gasteiger charge is -2.08. The lowest BCUT2D eigenvalue weighted by Crippen LogP contribution is -2.28. The number of aryl methyl sites for hydroxylation is 1. The molecular weight excluding hydrogens is 376 g/mol. The Morgan fingerprint density at radius 1 is 1.46 bits per heavy atom. The number of nitrogens with one attached hydrogen (secondary N) is 2. The Balaban J connectivity index is 1.55. The fourth-order valence-electron chi connectivity index (χ4n) is 2.14. The van der Waals surface area contributed by atoms with Gasteiger partial charge in [0.2, 0.25) is 11.8 Å². The van der Waals surface area contributed by atoms with Crippen LogP contribution >= 0.6 is 23.4 Å². The summed E-state index contributed by atoms with van der Waals surface area (Å²) in [5.41, 5.74) is 1.51. The van der Waals surface area contributed by atoms with Crippen molar-refractivity contribution in [2.24, 2.45) is 10.2 Å². The summed E-state index contributed by atoms with van der Waals surface area (Å²) in [5, 5.41) is 13.5. The van der Waals surface area contributed by atoms with Gasteiger partial charge >= 0.3 is 0 Å². The fourth-order valence-corrected chi connectivity index (χ4v) is 3.25. The Morgan fingerprint density at radius 2 is 2.31 bits per heavy atom. The highest BCUT2D eigenvalue weighted by Crippen LogP contribution is 2.24. The second-order valence-electron chi connectivity index (χ2n) is 5.48. The first-order valence-corrected chi connectivity index (χ1v) is 8.95. The molecule has 0 bridgehead atoms. The van der Waals surface area contributed by atoms with Crippen molar-refractivity contribution in [2.45, 2.75) is 18.6 Å². The van der Waals surface area contributed by atoms with Crippen molar-refractivity contribution in [3.05, 3.63) is 52.9 Å². The minimum Gasteiger partial charge on any atom is -0.463 e. The zero-order chi connectivity index (χ0) is 18.5. The van der Waals surface area contributed by atoms with Crippen molar-refractivity contribution < 1.29 is 14.0 Å². The van der Waals surface area contributed by atoms with E-state index in [4.69, 9.17) is 16.0 Å². The number of hydrogen-bond acceptors (Lipinski definition) is 6. The standard InChI is InChI=1S/C17H15ClN4O3S/c1-10-4-5-11(7-13(10)18)20-15(23)8-14-16(24)21-17(26-14)22-19-9-12-3-2-6-25-12/h2-7,9,14H,8H2,1H3,(H,20,23)(H,21,22,24)/b19-9-. The molecule has 134 valence electrons. The molecule has 3 rings (SSSR count). The number of anilines is 1. The summed E-state index contributed by atoms with van der Waals surface area (Å²) in [6.45, 7) is 1.88. The van der Waals surface area contributed by atoms with Gasteiger partial charge in [-0.15, -0.1) is 5.10 Å². The molecule has 1 saturated heterocycles. The van der Waals surface area contributed by atoms with E-state index in [0.29, 0.717) is 21.6 Å². The summed E-state index contributed by atoms with van der Waals surface area (Å²) < 4.78 is 5.09. The van der Waals surface area contributed by atoms with Crippen molar-refractivity contribution >= 4 is 52.2 Å². The molecule has 1 unspecified atom stereocenters. The molecule has 2 amide bonds. The summed E-state index contributed by atoms with van der Waals surface area (Å²) in [6, 6.07) is 8.71. The fraction of sp³-hybridized carbons (Fsp3) is 0.176. The average molecular weight is 391 g/mol. The minimum atomic E-state index is -0.562. The molecule has 1 aromatic heterocycles. The van der Waals surface area contributed by atoms with Crippen LogP contribution in [0.5, 0.6) is 0 Å². The normalized spacial score (nSPS) is 18.5. The van der Waals surface area contributed by atoms with Crippen molar-refractivity contribution in [3.8, 4) is 0 Å². The molecule has 2 N–H and O–H groups in total. The number of rotatable bonds is 5. The first-order chi connectivity index (χ1) is 12.5. The van der Waals surface area contributed by atoms with Crippen molar-refractivity contribution in [2.75, 3.05) is 5.32 Å². The second-order valence-corrected chi connectivity index (χ2v) is 7.08. The maximum Gasteiger partial charge on any atom is 0.240 e. The molecule has 0 spiro atoms. The van der Waals surface area contributed by atoms with Gasteiger partial charge in [-0.2, -0.15) is 5.10 Å². The number of halogens is 1. The van der Waals surface area contributed by atoms with E-state index in [-0.39, 0.29) is 18.2 Å². The van der Waals surface area contributed by atoms with Crippen LogP contribution in [0.1, 0.15) is 17.7 Å². The van der Waals surface area contributed by atoms with E-state index in [0.717, 1.165) is 17.3 Å². The van der Waals surface area contributed by atoms with Crippen LogP contribution in [0.25, 0.3) is 0 Å². The molecule has 9 heteroatoms. The van der Waals surface area contributed by atoms with Gasteiger partial charge in [0.15, 0.2) is 5.17 Å². The maximum atomic E-state index is 12.2. The van der Waals surface area contributed by atoms with E-state index in [2.05, 4.69) is 20.8 Å².